The van der Waals surface area contributed by atoms with Gasteiger partial charge in [0.05, 0.1) is 0 Å². The van der Waals surface area contributed by atoms with E-state index in [2.05, 4.69) is 228 Å². The molecule has 0 bridgehead atoms. The fraction of sp³-hybridized carbons (Fsp3) is 0.267. The Bertz CT molecular complexity index is 2750. The van der Waals surface area contributed by atoms with Crippen LogP contribution >= 0.6 is 0 Å². The van der Waals surface area contributed by atoms with Gasteiger partial charge in [-0.15, -0.1) is 0 Å². The molecule has 7 aromatic rings. The molecule has 0 aromatic heterocycles. The number of rotatable bonds is 7. The van der Waals surface area contributed by atoms with Crippen molar-refractivity contribution in [2.45, 2.75) is 93.9 Å². The van der Waals surface area contributed by atoms with E-state index in [9.17, 15) is 0 Å². The van der Waals surface area contributed by atoms with Crippen LogP contribution in [0.25, 0.3) is 72.0 Å². The predicted molar refractivity (Wildman–Crippen MR) is 263 cm³/mol. The van der Waals surface area contributed by atoms with E-state index < -0.39 is 0 Å². The van der Waals surface area contributed by atoms with Crippen molar-refractivity contribution in [3.05, 3.63) is 185 Å². The molecule has 1 aliphatic carbocycles. The molecule has 0 fully saturated rings. The van der Waals surface area contributed by atoms with Crippen LogP contribution in [-0.2, 0) is 5.41 Å². The van der Waals surface area contributed by atoms with E-state index >= 15 is 0 Å². The maximum atomic E-state index is 2.46. The van der Waals surface area contributed by atoms with Gasteiger partial charge >= 0.3 is 0 Å². The summed E-state index contributed by atoms with van der Waals surface area (Å²) in [5, 5.41) is 2.57. The number of hydrogen-bond donors (Lipinski definition) is 0. The highest BCUT2D eigenvalue weighted by atomic mass is 14.3. The molecule has 0 aliphatic heterocycles. The zero-order chi connectivity index (χ0) is 42.5. The van der Waals surface area contributed by atoms with Gasteiger partial charge in [-0.3, -0.25) is 0 Å². The van der Waals surface area contributed by atoms with Crippen LogP contribution in [0.4, 0.5) is 0 Å². The Morgan fingerprint density at radius 3 is 1.32 bits per heavy atom. The quantitative estimate of drug-likeness (QED) is 0.151. The molecule has 1 aliphatic rings. The summed E-state index contributed by atoms with van der Waals surface area (Å²) in [6.45, 7) is 25.1. The molecule has 8 rings (SSSR count). The standard InChI is InChI=1S/C60H62/c1-38(2)42-16-18-44(19-17-42)48-33-50(46-22-26-54(27-23-46)60(9,10)11)37-52(35-48)56-29-41(5)30-57-55(28-40(4)31-58(56)57)51-34-47(43-14-12-39(3)13-15-43)32-49(36-51)45-20-24-53(25-21-45)59(6,7)8/h12-26,28-38,54H,27H2,1-11H3. The third kappa shape index (κ3) is 8.62. The Morgan fingerprint density at radius 2 is 0.883 bits per heavy atom. The largest absolute Gasteiger partial charge is 0.0800 e. The van der Waals surface area contributed by atoms with Gasteiger partial charge in [0.2, 0.25) is 0 Å². The molecule has 302 valence electrons. The third-order valence-electron chi connectivity index (χ3n) is 12.8. The first-order valence-corrected chi connectivity index (χ1v) is 22.0. The summed E-state index contributed by atoms with van der Waals surface area (Å²) in [5.74, 6) is 1.02. The summed E-state index contributed by atoms with van der Waals surface area (Å²) in [7, 11) is 0. The van der Waals surface area contributed by atoms with Crippen molar-refractivity contribution >= 4 is 16.3 Å². The lowest BCUT2D eigenvalue weighted by atomic mass is 9.76. The highest BCUT2D eigenvalue weighted by Gasteiger charge is 2.24. The number of hydrogen-bond acceptors (Lipinski definition) is 0. The van der Waals surface area contributed by atoms with Gasteiger partial charge in [0.15, 0.2) is 0 Å². The fourth-order valence-electron chi connectivity index (χ4n) is 8.91. The molecule has 0 saturated carbocycles. The molecular formula is C60H62. The first-order chi connectivity index (χ1) is 28.5. The summed E-state index contributed by atoms with van der Waals surface area (Å²) < 4.78 is 0. The lowest BCUT2D eigenvalue weighted by Gasteiger charge is -2.29. The number of benzene rings is 7. The Kier molecular flexibility index (Phi) is 11.0. The minimum Gasteiger partial charge on any atom is -0.0800 e. The predicted octanol–water partition coefficient (Wildman–Crippen LogP) is 17.5. The maximum absolute atomic E-state index is 2.46. The molecule has 0 spiro atoms. The van der Waals surface area contributed by atoms with E-state index in [1.54, 1.807) is 0 Å². The van der Waals surface area contributed by atoms with Crippen LogP contribution in [-0.4, -0.2) is 0 Å². The summed E-state index contributed by atoms with van der Waals surface area (Å²) in [6.07, 6.45) is 8.33. The van der Waals surface area contributed by atoms with Crippen LogP contribution in [0.15, 0.2) is 152 Å². The van der Waals surface area contributed by atoms with E-state index in [1.807, 2.05) is 0 Å². The SMILES string of the molecule is Cc1ccc(-c2cc(-c3ccc(C(C)(C)C)cc3)cc(-c3cc(C)cc4c(-c5cc(C6=CCC(C(C)(C)C)C=C6)cc(-c6ccc(C(C)C)cc6)c5)cc(C)cc34)c2)cc1. The molecule has 0 nitrogen and oxygen atoms in total. The maximum Gasteiger partial charge on any atom is -0.00963 e. The van der Waals surface area contributed by atoms with E-state index in [4.69, 9.17) is 0 Å². The average Bonchev–Trinajstić information content (AvgIpc) is 3.22. The Morgan fingerprint density at radius 1 is 0.450 bits per heavy atom. The molecule has 0 heterocycles. The van der Waals surface area contributed by atoms with Crippen LogP contribution in [0, 0.1) is 32.1 Å². The van der Waals surface area contributed by atoms with Gasteiger partial charge in [0, 0.05) is 0 Å². The minimum atomic E-state index is 0.0987. The summed E-state index contributed by atoms with van der Waals surface area (Å²) >= 11 is 0. The van der Waals surface area contributed by atoms with Crippen molar-refractivity contribution in [2.24, 2.45) is 11.3 Å². The van der Waals surface area contributed by atoms with Crippen molar-refractivity contribution in [3.8, 4) is 55.6 Å². The van der Waals surface area contributed by atoms with E-state index in [0.717, 1.165) is 6.42 Å². The van der Waals surface area contributed by atoms with Gasteiger partial charge in [-0.1, -0.05) is 176 Å². The highest BCUT2D eigenvalue weighted by Crippen LogP contribution is 2.43. The lowest BCUT2D eigenvalue weighted by Crippen LogP contribution is -2.19. The monoisotopic (exact) mass is 782 g/mol. The molecule has 0 amide bonds. The van der Waals surface area contributed by atoms with Gasteiger partial charge in [-0.2, -0.15) is 0 Å². The lowest BCUT2D eigenvalue weighted by molar-refractivity contribution is 0.294. The fourth-order valence-corrected chi connectivity index (χ4v) is 8.91. The second-order valence-corrected chi connectivity index (χ2v) is 20.0. The highest BCUT2D eigenvalue weighted by molar-refractivity contribution is 6.06. The van der Waals surface area contributed by atoms with Gasteiger partial charge in [0.25, 0.3) is 0 Å². The zero-order valence-electron chi connectivity index (χ0n) is 37.8. The van der Waals surface area contributed by atoms with Gasteiger partial charge in [-0.05, 0) is 186 Å². The zero-order valence-corrected chi connectivity index (χ0v) is 37.8. The van der Waals surface area contributed by atoms with Crippen molar-refractivity contribution in [3.63, 3.8) is 0 Å². The van der Waals surface area contributed by atoms with Crippen LogP contribution in [0.1, 0.15) is 101 Å². The van der Waals surface area contributed by atoms with E-state index in [0.29, 0.717) is 11.8 Å². The molecule has 1 atom stereocenters. The normalized spacial score (nSPS) is 14.5. The van der Waals surface area contributed by atoms with Gasteiger partial charge in [-0.25, -0.2) is 0 Å². The topological polar surface area (TPSA) is 0 Å². The minimum absolute atomic E-state index is 0.0987. The van der Waals surface area contributed by atoms with Crippen molar-refractivity contribution < 1.29 is 0 Å². The summed E-state index contributed by atoms with van der Waals surface area (Å²) in [6, 6.07) is 51.5. The smallest absolute Gasteiger partial charge is 0.00963 e. The number of allylic oxidation sites excluding steroid dienone is 4. The molecule has 1 unspecified atom stereocenters. The molecule has 0 heteroatoms. The van der Waals surface area contributed by atoms with Gasteiger partial charge in [0.1, 0.15) is 0 Å². The van der Waals surface area contributed by atoms with Crippen LogP contribution in [0.2, 0.25) is 0 Å². The van der Waals surface area contributed by atoms with Crippen molar-refractivity contribution in [1.82, 2.24) is 0 Å². The van der Waals surface area contributed by atoms with Crippen LogP contribution < -0.4 is 0 Å². The van der Waals surface area contributed by atoms with Gasteiger partial charge < -0.3 is 0 Å². The molecule has 0 radical (unpaired) electrons. The van der Waals surface area contributed by atoms with E-state index in [-0.39, 0.29) is 10.8 Å². The second kappa shape index (κ2) is 16.0. The summed E-state index contributed by atoms with van der Waals surface area (Å²) in [4.78, 5) is 0. The average molecular weight is 783 g/mol. The Hall–Kier alpha value is -5.72. The first-order valence-electron chi connectivity index (χ1n) is 22.0. The van der Waals surface area contributed by atoms with Crippen molar-refractivity contribution in [2.75, 3.05) is 0 Å². The molecular weight excluding hydrogens is 721 g/mol. The molecule has 0 N–H and O–H groups in total. The van der Waals surface area contributed by atoms with Crippen LogP contribution in [0.3, 0.4) is 0 Å². The second-order valence-electron chi connectivity index (χ2n) is 20.0. The Balaban J connectivity index is 1.32. The van der Waals surface area contributed by atoms with Crippen molar-refractivity contribution in [1.29, 1.82) is 0 Å². The number of fused-ring (bicyclic) bond motifs is 1. The first kappa shape index (κ1) is 41.0. The molecule has 7 aromatic carbocycles. The van der Waals surface area contributed by atoms with E-state index in [1.165, 1.54) is 105 Å². The third-order valence-corrected chi connectivity index (χ3v) is 12.8. The molecule has 0 saturated heterocycles. The number of aryl methyl sites for hydroxylation is 3. The van der Waals surface area contributed by atoms with Crippen LogP contribution in [0.5, 0.6) is 0 Å². The Labute approximate surface area is 360 Å². The molecule has 60 heavy (non-hydrogen) atoms. The summed E-state index contributed by atoms with van der Waals surface area (Å²) in [5.41, 5.74) is 21.9.